The summed E-state index contributed by atoms with van der Waals surface area (Å²) in [6.45, 7) is 0.258. The van der Waals surface area contributed by atoms with Gasteiger partial charge in [0.1, 0.15) is 6.61 Å². The molecule has 0 bridgehead atoms. The third-order valence-electron chi connectivity index (χ3n) is 4.74. The summed E-state index contributed by atoms with van der Waals surface area (Å²) in [5.41, 5.74) is 5.50. The average Bonchev–Trinajstić information content (AvgIpc) is 2.83. The fourth-order valence-corrected chi connectivity index (χ4v) is 4.18. The second kappa shape index (κ2) is 11.9. The summed E-state index contributed by atoms with van der Waals surface area (Å²) >= 11 is 19.2. The van der Waals surface area contributed by atoms with Gasteiger partial charge in [0.25, 0.3) is 5.91 Å². The predicted octanol–water partition coefficient (Wildman–Crippen LogP) is 6.94. The highest BCUT2D eigenvalue weighted by Crippen LogP contribution is 2.42. The van der Waals surface area contributed by atoms with Crippen LogP contribution in [0.5, 0.6) is 11.5 Å². The summed E-state index contributed by atoms with van der Waals surface area (Å²) in [6.07, 6.45) is 1.52. The Kier molecular flexibility index (Phi) is 9.24. The van der Waals surface area contributed by atoms with Crippen molar-refractivity contribution in [1.29, 1.82) is 0 Å². The van der Waals surface area contributed by atoms with Crippen LogP contribution in [0.4, 0.5) is 5.69 Å². The molecule has 3 rings (SSSR count). The van der Waals surface area contributed by atoms with Crippen LogP contribution in [0.2, 0.25) is 10.0 Å². The van der Waals surface area contributed by atoms with E-state index in [4.69, 9.17) is 32.7 Å². The van der Waals surface area contributed by atoms with E-state index in [2.05, 4.69) is 42.4 Å². The van der Waals surface area contributed by atoms with Crippen molar-refractivity contribution in [2.45, 2.75) is 6.61 Å². The summed E-state index contributed by atoms with van der Waals surface area (Å²) in [7, 11) is 5.37. The monoisotopic (exact) mass is 627 g/mol. The number of carbonyl (C=O) groups excluding carboxylic acids is 1. The Morgan fingerprint density at radius 3 is 2.53 bits per heavy atom. The molecule has 0 aromatic heterocycles. The fourth-order valence-electron chi connectivity index (χ4n) is 2.92. The van der Waals surface area contributed by atoms with E-state index in [1.807, 2.05) is 37.2 Å². The number of methoxy groups -OCH3 is 1. The Bertz CT molecular complexity index is 1240. The van der Waals surface area contributed by atoms with Gasteiger partial charge in [0.05, 0.1) is 27.8 Å². The summed E-state index contributed by atoms with van der Waals surface area (Å²) in [4.78, 5) is 14.4. The minimum Gasteiger partial charge on any atom is -0.493 e. The molecule has 0 unspecified atom stereocenters. The van der Waals surface area contributed by atoms with Crippen LogP contribution in [-0.4, -0.2) is 33.3 Å². The SMILES string of the molecule is COc1cc(/C=N\NC(=O)c2cccc(N(C)C)c2)c(Br)c(Br)c1OCc1ccc(Cl)c(Cl)c1. The molecule has 0 aliphatic carbocycles. The molecule has 1 amide bonds. The number of hydrogen-bond donors (Lipinski definition) is 1. The highest BCUT2D eigenvalue weighted by Gasteiger charge is 2.17. The maximum Gasteiger partial charge on any atom is 0.271 e. The number of hydrogen-bond acceptors (Lipinski definition) is 5. The zero-order valence-electron chi connectivity index (χ0n) is 18.5. The first-order valence-electron chi connectivity index (χ1n) is 9.94. The van der Waals surface area contributed by atoms with Crippen LogP contribution in [0.15, 0.2) is 62.6 Å². The molecule has 34 heavy (non-hydrogen) atoms. The van der Waals surface area contributed by atoms with Crippen LogP contribution in [0.25, 0.3) is 0 Å². The lowest BCUT2D eigenvalue weighted by Crippen LogP contribution is -2.18. The molecule has 6 nitrogen and oxygen atoms in total. The Hall–Kier alpha value is -2.26. The van der Waals surface area contributed by atoms with Crippen molar-refractivity contribution in [2.24, 2.45) is 5.10 Å². The second-order valence-electron chi connectivity index (χ2n) is 7.31. The van der Waals surface area contributed by atoms with Crippen LogP contribution in [-0.2, 0) is 6.61 Å². The van der Waals surface area contributed by atoms with Crippen molar-refractivity contribution in [1.82, 2.24) is 5.43 Å². The molecule has 0 aliphatic heterocycles. The minimum atomic E-state index is -0.316. The van der Waals surface area contributed by atoms with Gasteiger partial charge in [-0.1, -0.05) is 35.3 Å². The molecular formula is C24H21Br2Cl2N3O3. The number of amides is 1. The highest BCUT2D eigenvalue weighted by molar-refractivity contribution is 9.13. The van der Waals surface area contributed by atoms with Crippen LogP contribution >= 0.6 is 55.1 Å². The summed E-state index contributed by atoms with van der Waals surface area (Å²) in [5.74, 6) is 0.674. The average molecular weight is 630 g/mol. The zero-order chi connectivity index (χ0) is 24.8. The molecular weight excluding hydrogens is 609 g/mol. The normalized spacial score (nSPS) is 10.9. The van der Waals surface area contributed by atoms with Gasteiger partial charge < -0.3 is 14.4 Å². The molecule has 0 atom stereocenters. The van der Waals surface area contributed by atoms with E-state index in [-0.39, 0.29) is 12.5 Å². The maximum atomic E-state index is 12.5. The third-order valence-corrected chi connectivity index (χ3v) is 7.62. The van der Waals surface area contributed by atoms with Gasteiger partial charge in [-0.05, 0) is 73.8 Å². The first-order valence-corrected chi connectivity index (χ1v) is 12.3. The van der Waals surface area contributed by atoms with Gasteiger partial charge in [-0.25, -0.2) is 5.43 Å². The molecule has 0 saturated heterocycles. The number of anilines is 1. The number of nitrogens with zero attached hydrogens (tertiary/aromatic N) is 2. The minimum absolute atomic E-state index is 0.258. The number of hydrazone groups is 1. The van der Waals surface area contributed by atoms with Crippen LogP contribution < -0.4 is 19.8 Å². The number of carbonyl (C=O) groups is 1. The molecule has 1 N–H and O–H groups in total. The van der Waals surface area contributed by atoms with Gasteiger partial charge in [-0.2, -0.15) is 5.10 Å². The molecule has 178 valence electrons. The van der Waals surface area contributed by atoms with E-state index in [0.717, 1.165) is 11.3 Å². The molecule has 0 heterocycles. The largest absolute Gasteiger partial charge is 0.493 e. The lowest BCUT2D eigenvalue weighted by atomic mass is 10.2. The number of halogens is 4. The van der Waals surface area contributed by atoms with Crippen molar-refractivity contribution >= 4 is 72.9 Å². The van der Waals surface area contributed by atoms with Crippen LogP contribution in [0.3, 0.4) is 0 Å². The van der Waals surface area contributed by atoms with Crippen molar-refractivity contribution < 1.29 is 14.3 Å². The molecule has 0 fully saturated rings. The van der Waals surface area contributed by atoms with Crippen molar-refractivity contribution in [3.63, 3.8) is 0 Å². The topological polar surface area (TPSA) is 63.2 Å². The van der Waals surface area contributed by atoms with Gasteiger partial charge in [-0.3, -0.25) is 4.79 Å². The standard InChI is InChI=1S/C24H21Br2Cl2N3O3/c1-31(2)17-6-4-5-15(10-17)24(32)30-29-12-16-11-20(33-3)23(22(26)21(16)25)34-13-14-7-8-18(27)19(28)9-14/h4-12H,13H2,1-3H3,(H,30,32)/b29-12-. The van der Waals surface area contributed by atoms with Gasteiger partial charge in [0.15, 0.2) is 11.5 Å². The zero-order valence-corrected chi connectivity index (χ0v) is 23.2. The number of ether oxygens (including phenoxy) is 2. The third kappa shape index (κ3) is 6.44. The fraction of sp³-hybridized carbons (Fsp3) is 0.167. The lowest BCUT2D eigenvalue weighted by molar-refractivity contribution is 0.0955. The van der Waals surface area contributed by atoms with Crippen molar-refractivity contribution in [3.05, 3.63) is 84.2 Å². The summed E-state index contributed by atoms with van der Waals surface area (Å²) in [5, 5.41) is 5.03. The Morgan fingerprint density at radius 1 is 1.09 bits per heavy atom. The smallest absolute Gasteiger partial charge is 0.271 e. The lowest BCUT2D eigenvalue weighted by Gasteiger charge is -2.15. The maximum absolute atomic E-state index is 12.5. The Morgan fingerprint density at radius 2 is 1.85 bits per heavy atom. The van der Waals surface area contributed by atoms with E-state index < -0.39 is 0 Å². The van der Waals surface area contributed by atoms with Gasteiger partial charge in [0.2, 0.25) is 0 Å². The Labute approximate surface area is 225 Å². The first kappa shape index (κ1) is 26.3. The van der Waals surface area contributed by atoms with Crippen molar-refractivity contribution in [2.75, 3.05) is 26.1 Å². The van der Waals surface area contributed by atoms with E-state index >= 15 is 0 Å². The predicted molar refractivity (Wildman–Crippen MR) is 145 cm³/mol. The van der Waals surface area contributed by atoms with E-state index in [0.29, 0.717) is 41.6 Å². The number of benzene rings is 3. The molecule has 0 spiro atoms. The number of rotatable bonds is 8. The van der Waals surface area contributed by atoms with E-state index in [9.17, 15) is 4.79 Å². The van der Waals surface area contributed by atoms with Gasteiger partial charge >= 0.3 is 0 Å². The van der Waals surface area contributed by atoms with Crippen LogP contribution in [0.1, 0.15) is 21.5 Å². The van der Waals surface area contributed by atoms with Gasteiger partial charge in [-0.15, -0.1) is 0 Å². The number of nitrogens with one attached hydrogen (secondary N) is 1. The molecule has 3 aromatic rings. The molecule has 0 saturated carbocycles. The molecule has 0 aliphatic rings. The molecule has 3 aromatic carbocycles. The quantitative estimate of drug-likeness (QED) is 0.217. The van der Waals surface area contributed by atoms with Crippen LogP contribution in [0, 0.1) is 0 Å². The summed E-state index contributed by atoms with van der Waals surface area (Å²) < 4.78 is 12.8. The molecule has 0 radical (unpaired) electrons. The highest BCUT2D eigenvalue weighted by atomic mass is 79.9. The Balaban J connectivity index is 1.75. The first-order chi connectivity index (χ1) is 16.2. The second-order valence-corrected chi connectivity index (χ2v) is 9.71. The molecule has 10 heteroatoms. The van der Waals surface area contributed by atoms with E-state index in [1.165, 1.54) is 6.21 Å². The van der Waals surface area contributed by atoms with E-state index in [1.54, 1.807) is 37.4 Å². The van der Waals surface area contributed by atoms with Gasteiger partial charge in [0, 0.05) is 35.4 Å². The van der Waals surface area contributed by atoms with Crippen molar-refractivity contribution in [3.8, 4) is 11.5 Å². The summed E-state index contributed by atoms with van der Waals surface area (Å²) in [6, 6.07) is 14.3.